The highest BCUT2D eigenvalue weighted by atomic mass is 19.1. The summed E-state index contributed by atoms with van der Waals surface area (Å²) < 4.78 is 19.2. The van der Waals surface area contributed by atoms with Crippen LogP contribution < -0.4 is 10.6 Å². The molecule has 20 heavy (non-hydrogen) atoms. The van der Waals surface area contributed by atoms with E-state index in [-0.39, 0.29) is 17.4 Å². The summed E-state index contributed by atoms with van der Waals surface area (Å²) in [5.74, 6) is 0.112. The molecule has 2 heterocycles. The van der Waals surface area contributed by atoms with Gasteiger partial charge in [-0.15, -0.1) is 0 Å². The van der Waals surface area contributed by atoms with Crippen LogP contribution in [-0.4, -0.2) is 20.7 Å². The molecule has 0 saturated carbocycles. The maximum Gasteiger partial charge on any atom is 0.327 e. The van der Waals surface area contributed by atoms with E-state index in [2.05, 4.69) is 25.8 Å². The molecule has 0 saturated heterocycles. The van der Waals surface area contributed by atoms with Crippen LogP contribution in [0.25, 0.3) is 0 Å². The van der Waals surface area contributed by atoms with E-state index in [1.165, 1.54) is 6.20 Å². The Labute approximate surface area is 116 Å². The first-order valence-corrected chi connectivity index (χ1v) is 6.31. The zero-order valence-electron chi connectivity index (χ0n) is 12.0. The third-order valence-corrected chi connectivity index (χ3v) is 2.53. The number of hydrogen-bond acceptors (Lipinski definition) is 6. The molecule has 0 aliphatic rings. The van der Waals surface area contributed by atoms with Crippen LogP contribution in [0.3, 0.4) is 0 Å². The van der Waals surface area contributed by atoms with Gasteiger partial charge in [-0.25, -0.2) is 9.37 Å². The van der Waals surface area contributed by atoms with Gasteiger partial charge in [0.25, 0.3) is 0 Å². The number of pyridine rings is 1. The summed E-state index contributed by atoms with van der Waals surface area (Å²) in [7, 11) is 0. The molecule has 2 aromatic rings. The molecule has 0 aliphatic carbocycles. The van der Waals surface area contributed by atoms with E-state index < -0.39 is 5.82 Å². The predicted molar refractivity (Wildman–Crippen MR) is 73.1 cm³/mol. The minimum absolute atomic E-state index is 0.0712. The minimum atomic E-state index is -0.430. The third kappa shape index (κ3) is 3.74. The minimum Gasteiger partial charge on any atom is -0.315 e. The largest absolute Gasteiger partial charge is 0.327 e. The van der Waals surface area contributed by atoms with Crippen LogP contribution in [0.15, 0.2) is 16.8 Å². The summed E-state index contributed by atoms with van der Waals surface area (Å²) in [5, 5.41) is 9.53. The average molecular weight is 279 g/mol. The zero-order chi connectivity index (χ0) is 14.8. The first-order chi connectivity index (χ1) is 9.35. The number of anilines is 2. The van der Waals surface area contributed by atoms with E-state index >= 15 is 0 Å². The van der Waals surface area contributed by atoms with E-state index in [9.17, 15) is 4.39 Å². The van der Waals surface area contributed by atoms with Crippen molar-refractivity contribution in [3.05, 3.63) is 29.5 Å². The molecule has 0 unspecified atom stereocenters. The van der Waals surface area contributed by atoms with Crippen LogP contribution in [0.5, 0.6) is 0 Å². The summed E-state index contributed by atoms with van der Waals surface area (Å²) in [6.45, 7) is 8.16. The molecule has 2 aromatic heterocycles. The van der Waals surface area contributed by atoms with E-state index in [1.54, 1.807) is 13.0 Å². The maximum absolute atomic E-state index is 14.3. The van der Waals surface area contributed by atoms with Crippen molar-refractivity contribution in [3.8, 4) is 0 Å². The standard InChI is InChI=1S/C13H18FN5O/c1-8-17-12(20-19-8)18-11-10(14)9(5-6-15-11)7-16-13(2,3)4/h5-6,16H,7H2,1-4H3,(H,15,17,18,19). The van der Waals surface area contributed by atoms with Crippen molar-refractivity contribution in [1.29, 1.82) is 0 Å². The predicted octanol–water partition coefficient (Wildman–Crippen LogP) is 2.54. The van der Waals surface area contributed by atoms with Gasteiger partial charge >= 0.3 is 6.01 Å². The smallest absolute Gasteiger partial charge is 0.315 e. The van der Waals surface area contributed by atoms with Crippen molar-refractivity contribution in [2.45, 2.75) is 39.8 Å². The van der Waals surface area contributed by atoms with E-state index in [1.807, 2.05) is 20.8 Å². The Kier molecular flexibility index (Phi) is 3.99. The fraction of sp³-hybridized carbons (Fsp3) is 0.462. The van der Waals surface area contributed by atoms with Gasteiger partial charge in [-0.05, 0) is 33.8 Å². The second-order valence-corrected chi connectivity index (χ2v) is 5.51. The lowest BCUT2D eigenvalue weighted by Crippen LogP contribution is -2.35. The normalized spacial score (nSPS) is 11.7. The molecule has 2 rings (SSSR count). The molecule has 0 aliphatic heterocycles. The van der Waals surface area contributed by atoms with Crippen molar-refractivity contribution >= 4 is 11.8 Å². The van der Waals surface area contributed by atoms with Gasteiger partial charge < -0.3 is 9.84 Å². The molecule has 6 nitrogen and oxygen atoms in total. The molecule has 7 heteroatoms. The molecule has 0 atom stereocenters. The van der Waals surface area contributed by atoms with Gasteiger partial charge in [-0.3, -0.25) is 5.32 Å². The van der Waals surface area contributed by atoms with Gasteiger partial charge in [0.15, 0.2) is 17.5 Å². The first kappa shape index (κ1) is 14.4. The van der Waals surface area contributed by atoms with Crippen LogP contribution in [-0.2, 0) is 6.54 Å². The van der Waals surface area contributed by atoms with Crippen LogP contribution in [0, 0.1) is 12.7 Å². The zero-order valence-corrected chi connectivity index (χ0v) is 12.0. The number of aromatic nitrogens is 3. The quantitative estimate of drug-likeness (QED) is 0.895. The number of aryl methyl sites for hydroxylation is 1. The highest BCUT2D eigenvalue weighted by molar-refractivity contribution is 5.48. The third-order valence-electron chi connectivity index (χ3n) is 2.53. The summed E-state index contributed by atoms with van der Waals surface area (Å²) >= 11 is 0. The molecule has 0 spiro atoms. The number of halogens is 1. The lowest BCUT2D eigenvalue weighted by molar-refractivity contribution is 0.417. The van der Waals surface area contributed by atoms with Crippen molar-refractivity contribution in [1.82, 2.24) is 20.4 Å². The van der Waals surface area contributed by atoms with Gasteiger partial charge in [-0.2, -0.15) is 4.98 Å². The summed E-state index contributed by atoms with van der Waals surface area (Å²) in [4.78, 5) is 7.90. The second kappa shape index (κ2) is 5.54. The SMILES string of the molecule is Cc1noc(Nc2nccc(CNC(C)(C)C)c2F)n1. The van der Waals surface area contributed by atoms with Crippen LogP contribution in [0.2, 0.25) is 0 Å². The fourth-order valence-corrected chi connectivity index (χ4v) is 1.52. The second-order valence-electron chi connectivity index (χ2n) is 5.51. The molecule has 0 radical (unpaired) electrons. The summed E-state index contributed by atoms with van der Waals surface area (Å²) in [5.41, 5.74) is 0.432. The van der Waals surface area contributed by atoms with E-state index in [0.29, 0.717) is 17.9 Å². The molecular weight excluding hydrogens is 261 g/mol. The lowest BCUT2D eigenvalue weighted by Gasteiger charge is -2.20. The lowest BCUT2D eigenvalue weighted by atomic mass is 10.1. The van der Waals surface area contributed by atoms with E-state index in [0.717, 1.165) is 0 Å². The summed E-state index contributed by atoms with van der Waals surface area (Å²) in [6, 6.07) is 1.76. The van der Waals surface area contributed by atoms with Crippen molar-refractivity contribution in [2.24, 2.45) is 0 Å². The van der Waals surface area contributed by atoms with Gasteiger partial charge in [0.2, 0.25) is 0 Å². The highest BCUT2D eigenvalue weighted by Gasteiger charge is 2.15. The van der Waals surface area contributed by atoms with Crippen LogP contribution >= 0.6 is 0 Å². The molecule has 0 aromatic carbocycles. The van der Waals surface area contributed by atoms with Gasteiger partial charge in [0.05, 0.1) is 0 Å². The monoisotopic (exact) mass is 279 g/mol. The van der Waals surface area contributed by atoms with Crippen LogP contribution in [0.1, 0.15) is 32.2 Å². The number of rotatable bonds is 4. The molecule has 0 fully saturated rings. The number of nitrogens with zero attached hydrogens (tertiary/aromatic N) is 3. The first-order valence-electron chi connectivity index (χ1n) is 6.31. The Morgan fingerprint density at radius 3 is 2.70 bits per heavy atom. The van der Waals surface area contributed by atoms with Crippen molar-refractivity contribution in [2.75, 3.05) is 5.32 Å². The Hall–Kier alpha value is -2.02. The van der Waals surface area contributed by atoms with Gasteiger partial charge in [0, 0.05) is 23.8 Å². The molecule has 2 N–H and O–H groups in total. The highest BCUT2D eigenvalue weighted by Crippen LogP contribution is 2.19. The van der Waals surface area contributed by atoms with E-state index in [4.69, 9.17) is 4.52 Å². The average Bonchev–Trinajstić information content (AvgIpc) is 2.75. The van der Waals surface area contributed by atoms with Gasteiger partial charge in [0.1, 0.15) is 0 Å². The Bertz CT molecular complexity index is 591. The van der Waals surface area contributed by atoms with Crippen LogP contribution in [0.4, 0.5) is 16.2 Å². The molecule has 0 amide bonds. The van der Waals surface area contributed by atoms with Crippen molar-refractivity contribution in [3.63, 3.8) is 0 Å². The Morgan fingerprint density at radius 1 is 1.35 bits per heavy atom. The van der Waals surface area contributed by atoms with Gasteiger partial charge in [-0.1, -0.05) is 5.16 Å². The topological polar surface area (TPSA) is 75.9 Å². The molecular formula is C13H18FN5O. The number of hydrogen-bond donors (Lipinski definition) is 2. The molecule has 0 bridgehead atoms. The summed E-state index contributed by atoms with van der Waals surface area (Å²) in [6.07, 6.45) is 1.54. The van der Waals surface area contributed by atoms with Crippen molar-refractivity contribution < 1.29 is 8.91 Å². The fourth-order valence-electron chi connectivity index (χ4n) is 1.52. The Balaban J connectivity index is 2.14. The Morgan fingerprint density at radius 2 is 2.10 bits per heavy atom. The maximum atomic E-state index is 14.3. The number of nitrogens with one attached hydrogen (secondary N) is 2. The molecule has 108 valence electrons.